The van der Waals surface area contributed by atoms with Crippen molar-refractivity contribution < 1.29 is 26.3 Å². The monoisotopic (exact) mass is 226 g/mol. The highest BCUT2D eigenvalue weighted by atomic mass is 16.3. The van der Waals surface area contributed by atoms with Gasteiger partial charge in [0.05, 0.1) is 39.3 Å². The van der Waals surface area contributed by atoms with Gasteiger partial charge in [0.25, 0.3) is 0 Å². The first-order valence-corrected chi connectivity index (χ1v) is 5.41. The maximum absolute atomic E-state index is 7.81. The Morgan fingerprint density at radius 1 is 0.867 bits per heavy atom. The van der Waals surface area contributed by atoms with Crippen molar-refractivity contribution in [2.45, 2.75) is 27.7 Å². The number of nitrogens with zero attached hydrogens (tertiary/aromatic N) is 1. The van der Waals surface area contributed by atoms with Gasteiger partial charge in [0.2, 0.25) is 0 Å². The van der Waals surface area contributed by atoms with Gasteiger partial charge in [-0.1, -0.05) is 0 Å². The summed E-state index contributed by atoms with van der Waals surface area (Å²) >= 11 is 0. The number of rotatable bonds is 5. The normalized spacial score (nSPS) is 9.20. The topological polar surface area (TPSA) is 108 Å². The number of quaternary nitrogens is 2. The van der Waals surface area contributed by atoms with Gasteiger partial charge >= 0.3 is 0 Å². The van der Waals surface area contributed by atoms with Gasteiger partial charge in [-0.15, -0.1) is 0 Å². The fourth-order valence-corrected chi connectivity index (χ4v) is 1.34. The van der Waals surface area contributed by atoms with Crippen LogP contribution in [0.5, 0.6) is 0 Å². The molecule has 98 valence electrons. The smallest absolute Gasteiger partial charge is 0.0974 e. The van der Waals surface area contributed by atoms with Crippen molar-refractivity contribution in [1.29, 1.82) is 0 Å². The van der Waals surface area contributed by atoms with Crippen molar-refractivity contribution in [1.82, 2.24) is 0 Å². The molecule has 0 rings (SSSR count). The summed E-state index contributed by atoms with van der Waals surface area (Å²) < 4.78 is 1.28. The fourth-order valence-electron chi connectivity index (χ4n) is 1.34. The number of hydrogen-bond acceptors (Lipinski definition) is 3. The second kappa shape index (κ2) is 16.2. The molecule has 0 fully saturated rings. The van der Waals surface area contributed by atoms with Crippen LogP contribution in [0.2, 0.25) is 0 Å². The first kappa shape index (κ1) is 24.2. The van der Waals surface area contributed by atoms with Gasteiger partial charge in [-0.2, -0.15) is 0 Å². The zero-order valence-electron chi connectivity index (χ0n) is 10.7. The minimum atomic E-state index is 0. The van der Waals surface area contributed by atoms with Gasteiger partial charge in [-0.05, 0) is 27.7 Å². The van der Waals surface area contributed by atoms with Crippen LogP contribution in [0.15, 0.2) is 0 Å². The highest BCUT2D eigenvalue weighted by Crippen LogP contribution is 2.03. The average Bonchev–Trinajstić information content (AvgIpc) is 2.23. The lowest BCUT2D eigenvalue weighted by atomic mass is 10.3. The predicted molar refractivity (Wildman–Crippen MR) is 61.1 cm³/mol. The molecule has 0 unspecified atom stereocenters. The molecule has 0 atom stereocenters. The van der Waals surface area contributed by atoms with Gasteiger partial charge in [-0.25, -0.2) is 0 Å². The van der Waals surface area contributed by atoms with E-state index in [4.69, 9.17) is 5.11 Å². The third kappa shape index (κ3) is 11.7. The van der Waals surface area contributed by atoms with E-state index >= 15 is 0 Å². The summed E-state index contributed by atoms with van der Waals surface area (Å²) in [6.07, 6.45) is 0. The molecule has 0 aliphatic carbocycles. The molecule has 0 spiro atoms. The Bertz CT molecular complexity index is 79.2. The van der Waals surface area contributed by atoms with Gasteiger partial charge in [0.15, 0.2) is 0 Å². The summed E-state index contributed by atoms with van der Waals surface area (Å²) in [4.78, 5) is 0. The van der Waals surface area contributed by atoms with E-state index in [1.54, 1.807) is 0 Å². The lowest BCUT2D eigenvalue weighted by molar-refractivity contribution is -0.921. The van der Waals surface area contributed by atoms with E-state index in [-0.39, 0.29) is 17.6 Å². The molecule has 0 aromatic heterocycles. The van der Waals surface area contributed by atoms with E-state index in [1.165, 1.54) is 30.7 Å². The van der Waals surface area contributed by atoms with Gasteiger partial charge < -0.3 is 26.3 Å². The van der Waals surface area contributed by atoms with E-state index in [0.29, 0.717) is 6.54 Å². The number of aliphatic hydroxyl groups excluding tert-OH is 1. The van der Waals surface area contributed by atoms with Crippen LogP contribution in [0.1, 0.15) is 27.7 Å². The second-order valence-electron chi connectivity index (χ2n) is 3.18. The van der Waals surface area contributed by atoms with Crippen molar-refractivity contribution in [3.63, 3.8) is 0 Å². The Morgan fingerprint density at radius 2 is 1.07 bits per heavy atom. The number of hydrogen-bond donors (Lipinski definition) is 2. The summed E-state index contributed by atoms with van der Waals surface area (Å²) in [5.74, 6) is 0. The molecule has 0 radical (unpaired) electrons. The van der Waals surface area contributed by atoms with Gasteiger partial charge in [0.1, 0.15) is 0 Å². The van der Waals surface area contributed by atoms with E-state index < -0.39 is 0 Å². The Hall–Kier alpha value is -0.200. The van der Waals surface area contributed by atoms with E-state index in [1.807, 2.05) is 0 Å². The quantitative estimate of drug-likeness (QED) is 0.631. The minimum absolute atomic E-state index is 0. The summed E-state index contributed by atoms with van der Waals surface area (Å²) in [6.45, 7) is 15.1. The van der Waals surface area contributed by atoms with Crippen molar-refractivity contribution in [3.05, 3.63) is 0 Å². The second-order valence-corrected chi connectivity index (χ2v) is 3.18. The van der Waals surface area contributed by atoms with Crippen LogP contribution in [0.4, 0.5) is 0 Å². The minimum Gasteiger partial charge on any atom is -0.870 e. The largest absolute Gasteiger partial charge is 0.870 e. The molecule has 0 amide bonds. The molecule has 0 heterocycles. The van der Waals surface area contributed by atoms with Gasteiger partial charge in [-0.3, -0.25) is 0 Å². The molecule has 0 aliphatic rings. The summed E-state index contributed by atoms with van der Waals surface area (Å²) in [5.41, 5.74) is 3.35. The first-order chi connectivity index (χ1) is 6.16. The molecule has 0 aliphatic heterocycles. The molecule has 0 aromatic rings. The molecule has 0 saturated heterocycles. The Labute approximate surface area is 94.1 Å². The summed E-state index contributed by atoms with van der Waals surface area (Å²) in [7, 11) is 0. The maximum Gasteiger partial charge on any atom is 0.0974 e. The van der Waals surface area contributed by atoms with Gasteiger partial charge in [0, 0.05) is 0 Å². The highest BCUT2D eigenvalue weighted by molar-refractivity contribution is 4.31. The van der Waals surface area contributed by atoms with E-state index in [9.17, 15) is 0 Å². The van der Waals surface area contributed by atoms with Crippen LogP contribution in [0.25, 0.3) is 0 Å². The van der Waals surface area contributed by atoms with Crippen LogP contribution in [0, 0.1) is 0 Å². The van der Waals surface area contributed by atoms with Crippen LogP contribution in [-0.2, 0) is 0 Å². The Kier molecular flexibility index (Phi) is 26.2. The molecule has 15 heavy (non-hydrogen) atoms. The zero-order chi connectivity index (χ0) is 10.7. The van der Waals surface area contributed by atoms with Crippen molar-refractivity contribution >= 4 is 0 Å². The maximum atomic E-state index is 7.81. The van der Waals surface area contributed by atoms with Crippen LogP contribution >= 0.6 is 0 Å². The molecule has 6 N–H and O–H groups in total. The standard InChI is InChI=1S/C8H20N.C2H7NO.2H2O/c1-5-9(6-2,7-3)8-4;3-1-2-4;;/h5-8H2,1-4H3;4H,1-3H2;2*1H2/q+1;;;/p-1. The van der Waals surface area contributed by atoms with Crippen LogP contribution in [-0.4, -0.2) is 59.9 Å². The van der Waals surface area contributed by atoms with Crippen molar-refractivity contribution in [2.75, 3.05) is 39.3 Å². The third-order valence-electron chi connectivity index (χ3n) is 2.84. The Morgan fingerprint density at radius 3 is 1.07 bits per heavy atom. The summed E-state index contributed by atoms with van der Waals surface area (Å²) in [5, 5.41) is 7.81. The molecule has 5 heteroatoms. The predicted octanol–water partition coefficient (Wildman–Crippen LogP) is -0.250. The summed E-state index contributed by atoms with van der Waals surface area (Å²) in [6, 6.07) is 0. The molecular weight excluding hydrogens is 196 g/mol. The highest BCUT2D eigenvalue weighted by Gasteiger charge is 2.16. The number of aliphatic hydroxyl groups is 1. The van der Waals surface area contributed by atoms with E-state index in [2.05, 4.69) is 33.4 Å². The molecule has 5 nitrogen and oxygen atoms in total. The van der Waals surface area contributed by atoms with Crippen molar-refractivity contribution in [3.8, 4) is 0 Å². The molecule has 0 saturated carbocycles. The lowest BCUT2D eigenvalue weighted by Crippen LogP contribution is -2.51. The zero-order valence-corrected chi connectivity index (χ0v) is 10.7. The SMILES string of the molecule is CC[N+](CC)(CC)CC.[NH3+]CCO.[OH-].[OH-]. The average molecular weight is 226 g/mol. The first-order valence-electron chi connectivity index (χ1n) is 5.41. The van der Waals surface area contributed by atoms with Crippen LogP contribution < -0.4 is 5.73 Å². The van der Waals surface area contributed by atoms with Crippen LogP contribution in [0.3, 0.4) is 0 Å². The van der Waals surface area contributed by atoms with Crippen molar-refractivity contribution in [2.24, 2.45) is 0 Å². The van der Waals surface area contributed by atoms with E-state index in [0.717, 1.165) is 0 Å². The molecular formula is C10H30N2O3. The lowest BCUT2D eigenvalue weighted by Gasteiger charge is -2.34. The molecule has 0 bridgehead atoms. The fraction of sp³-hybridized carbons (Fsp3) is 1.00. The Balaban J connectivity index is -0.0000000883. The third-order valence-corrected chi connectivity index (χ3v) is 2.84. The molecule has 0 aromatic carbocycles.